The second-order valence-electron chi connectivity index (χ2n) is 6.81. The molecule has 0 aliphatic carbocycles. The van der Waals surface area contributed by atoms with Gasteiger partial charge < -0.3 is 9.84 Å². The van der Waals surface area contributed by atoms with Gasteiger partial charge in [0.25, 0.3) is 0 Å². The van der Waals surface area contributed by atoms with E-state index < -0.39 is 5.97 Å². The lowest BCUT2D eigenvalue weighted by Gasteiger charge is -2.14. The lowest BCUT2D eigenvalue weighted by Crippen LogP contribution is -2.01. The van der Waals surface area contributed by atoms with Gasteiger partial charge in [-0.05, 0) is 48.2 Å². The summed E-state index contributed by atoms with van der Waals surface area (Å²) in [6.07, 6.45) is 7.07. The predicted molar refractivity (Wildman–Crippen MR) is 107 cm³/mol. The number of aromatic amines is 1. The van der Waals surface area contributed by atoms with Crippen LogP contribution in [0.3, 0.4) is 0 Å². The van der Waals surface area contributed by atoms with Crippen LogP contribution < -0.4 is 4.74 Å². The lowest BCUT2D eigenvalue weighted by molar-refractivity contribution is -0.136. The van der Waals surface area contributed by atoms with E-state index in [-0.39, 0.29) is 6.42 Å². The minimum absolute atomic E-state index is 0.122. The van der Waals surface area contributed by atoms with Crippen molar-refractivity contribution in [1.29, 1.82) is 0 Å². The van der Waals surface area contributed by atoms with Crippen molar-refractivity contribution in [2.45, 2.75) is 45.4 Å². The molecule has 5 heteroatoms. The van der Waals surface area contributed by atoms with Gasteiger partial charge in [-0.3, -0.25) is 9.89 Å². The Morgan fingerprint density at radius 2 is 2.04 bits per heavy atom. The average molecular weight is 366 g/mol. The fourth-order valence-corrected chi connectivity index (χ4v) is 3.16. The van der Waals surface area contributed by atoms with Crippen molar-refractivity contribution in [3.05, 3.63) is 48.2 Å². The number of nitrogens with zero attached hydrogens (tertiary/aromatic N) is 1. The third-order valence-corrected chi connectivity index (χ3v) is 4.68. The Balaban J connectivity index is 1.85. The van der Waals surface area contributed by atoms with Gasteiger partial charge >= 0.3 is 5.97 Å². The summed E-state index contributed by atoms with van der Waals surface area (Å²) < 4.78 is 6.07. The Morgan fingerprint density at radius 3 is 2.85 bits per heavy atom. The summed E-state index contributed by atoms with van der Waals surface area (Å²) in [5, 5.41) is 17.0. The third kappa shape index (κ3) is 5.09. The Kier molecular flexibility index (Phi) is 6.47. The van der Waals surface area contributed by atoms with Crippen molar-refractivity contribution in [2.75, 3.05) is 6.61 Å². The van der Waals surface area contributed by atoms with Crippen molar-refractivity contribution in [3.63, 3.8) is 0 Å². The number of hydrogen-bond donors (Lipinski definition) is 2. The van der Waals surface area contributed by atoms with Gasteiger partial charge in [0, 0.05) is 17.4 Å². The highest BCUT2D eigenvalue weighted by molar-refractivity contribution is 5.85. The van der Waals surface area contributed by atoms with Crippen molar-refractivity contribution in [3.8, 4) is 16.9 Å². The minimum atomic E-state index is -0.785. The first-order chi connectivity index (χ1) is 13.2. The van der Waals surface area contributed by atoms with Gasteiger partial charge in [0.15, 0.2) is 0 Å². The molecule has 0 amide bonds. The summed E-state index contributed by atoms with van der Waals surface area (Å²) in [6.45, 7) is 2.89. The van der Waals surface area contributed by atoms with Crippen LogP contribution in [0.25, 0.3) is 22.0 Å². The number of unbranched alkanes of at least 4 members (excludes halogenated alkanes) is 3. The standard InChI is InChI=1S/C22H26N2O3/c1-2-3-4-5-12-27-21-10-6-16(7-11-22(25)26)13-19(21)17-8-9-20-18(14-17)15-23-24-20/h6,8-10,13-15H,2-5,7,11-12H2,1H3,(H,23,24)(H,25,26). The molecular formula is C22H26N2O3. The van der Waals surface area contributed by atoms with Gasteiger partial charge in [-0.1, -0.05) is 38.3 Å². The smallest absolute Gasteiger partial charge is 0.303 e. The second-order valence-corrected chi connectivity index (χ2v) is 6.81. The molecule has 0 unspecified atom stereocenters. The molecule has 0 fully saturated rings. The predicted octanol–water partition coefficient (Wildman–Crippen LogP) is 5.21. The molecule has 3 aromatic rings. The van der Waals surface area contributed by atoms with Crippen molar-refractivity contribution in [1.82, 2.24) is 10.2 Å². The summed E-state index contributed by atoms with van der Waals surface area (Å²) >= 11 is 0. The van der Waals surface area contributed by atoms with E-state index in [4.69, 9.17) is 9.84 Å². The van der Waals surface area contributed by atoms with Gasteiger partial charge in [0.1, 0.15) is 5.75 Å². The van der Waals surface area contributed by atoms with E-state index in [0.717, 1.165) is 39.8 Å². The number of carboxylic acid groups (broad SMARTS) is 1. The van der Waals surface area contributed by atoms with E-state index in [2.05, 4.69) is 23.2 Å². The molecule has 2 N–H and O–H groups in total. The molecule has 0 aliphatic heterocycles. The topological polar surface area (TPSA) is 75.2 Å². The number of carboxylic acids is 1. The largest absolute Gasteiger partial charge is 0.493 e. The molecule has 2 aromatic carbocycles. The van der Waals surface area contributed by atoms with Crippen molar-refractivity contribution >= 4 is 16.9 Å². The molecule has 0 atom stereocenters. The molecule has 1 heterocycles. The maximum absolute atomic E-state index is 10.9. The van der Waals surface area contributed by atoms with Gasteiger partial charge in [0.2, 0.25) is 0 Å². The molecular weight excluding hydrogens is 340 g/mol. The molecule has 0 bridgehead atoms. The first-order valence-electron chi connectivity index (χ1n) is 9.58. The minimum Gasteiger partial charge on any atom is -0.493 e. The van der Waals surface area contributed by atoms with Crippen LogP contribution >= 0.6 is 0 Å². The quantitative estimate of drug-likeness (QED) is 0.483. The fourth-order valence-electron chi connectivity index (χ4n) is 3.16. The number of carbonyl (C=O) groups is 1. The summed E-state index contributed by atoms with van der Waals surface area (Å²) in [6, 6.07) is 12.1. The van der Waals surface area contributed by atoms with Crippen LogP contribution in [-0.4, -0.2) is 27.9 Å². The molecule has 142 valence electrons. The summed E-state index contributed by atoms with van der Waals surface area (Å²) in [5.74, 6) is 0.0565. The molecule has 0 spiro atoms. The number of aryl methyl sites for hydroxylation is 1. The van der Waals surface area contributed by atoms with Crippen LogP contribution in [0.4, 0.5) is 0 Å². The second kappa shape index (κ2) is 9.21. The zero-order valence-electron chi connectivity index (χ0n) is 15.7. The van der Waals surface area contributed by atoms with Gasteiger partial charge in [-0.15, -0.1) is 0 Å². The molecule has 27 heavy (non-hydrogen) atoms. The first kappa shape index (κ1) is 19.0. The Labute approximate surface area is 159 Å². The highest BCUT2D eigenvalue weighted by atomic mass is 16.5. The van der Waals surface area contributed by atoms with Crippen LogP contribution in [0, 0.1) is 0 Å². The first-order valence-corrected chi connectivity index (χ1v) is 9.58. The number of benzene rings is 2. The number of rotatable bonds is 10. The van der Waals surface area contributed by atoms with Gasteiger partial charge in [-0.2, -0.15) is 5.10 Å². The van der Waals surface area contributed by atoms with E-state index in [9.17, 15) is 4.79 Å². The van der Waals surface area contributed by atoms with Crippen LogP contribution in [0.2, 0.25) is 0 Å². The number of fused-ring (bicyclic) bond motifs is 1. The molecule has 5 nitrogen and oxygen atoms in total. The Morgan fingerprint density at radius 1 is 1.15 bits per heavy atom. The highest BCUT2D eigenvalue weighted by Gasteiger charge is 2.10. The van der Waals surface area contributed by atoms with Crippen LogP contribution in [-0.2, 0) is 11.2 Å². The summed E-state index contributed by atoms with van der Waals surface area (Å²) in [7, 11) is 0. The average Bonchev–Trinajstić information content (AvgIpc) is 3.14. The number of aromatic nitrogens is 2. The van der Waals surface area contributed by atoms with E-state index in [1.165, 1.54) is 19.3 Å². The Hall–Kier alpha value is -2.82. The van der Waals surface area contributed by atoms with Gasteiger partial charge in [-0.25, -0.2) is 0 Å². The van der Waals surface area contributed by atoms with E-state index >= 15 is 0 Å². The van der Waals surface area contributed by atoms with E-state index in [0.29, 0.717) is 13.0 Å². The maximum atomic E-state index is 10.9. The van der Waals surface area contributed by atoms with Crippen molar-refractivity contribution < 1.29 is 14.6 Å². The third-order valence-electron chi connectivity index (χ3n) is 4.68. The SMILES string of the molecule is CCCCCCOc1ccc(CCC(=O)O)cc1-c1ccc2[nH]ncc2c1. The molecule has 0 saturated carbocycles. The summed E-state index contributed by atoms with van der Waals surface area (Å²) in [5.41, 5.74) is 4.03. The van der Waals surface area contributed by atoms with Crippen molar-refractivity contribution in [2.24, 2.45) is 0 Å². The molecule has 3 rings (SSSR count). The zero-order chi connectivity index (χ0) is 19.1. The molecule has 0 aliphatic rings. The van der Waals surface area contributed by atoms with Crippen LogP contribution in [0.15, 0.2) is 42.6 Å². The molecule has 0 radical (unpaired) electrons. The number of ether oxygens (including phenoxy) is 1. The summed E-state index contributed by atoms with van der Waals surface area (Å²) in [4.78, 5) is 10.9. The zero-order valence-corrected chi connectivity index (χ0v) is 15.7. The lowest BCUT2D eigenvalue weighted by atomic mass is 9.99. The normalized spacial score (nSPS) is 11.0. The maximum Gasteiger partial charge on any atom is 0.303 e. The van der Waals surface area contributed by atoms with E-state index in [1.54, 1.807) is 6.20 Å². The monoisotopic (exact) mass is 366 g/mol. The highest BCUT2D eigenvalue weighted by Crippen LogP contribution is 2.33. The molecule has 0 saturated heterocycles. The fraction of sp³-hybridized carbons (Fsp3) is 0.364. The number of H-pyrrole nitrogens is 1. The van der Waals surface area contributed by atoms with Crippen LogP contribution in [0.5, 0.6) is 5.75 Å². The van der Waals surface area contributed by atoms with Gasteiger partial charge in [0.05, 0.1) is 18.3 Å². The molecule has 1 aromatic heterocycles. The number of hydrogen-bond acceptors (Lipinski definition) is 3. The number of nitrogens with one attached hydrogen (secondary N) is 1. The Bertz CT molecular complexity index is 901. The van der Waals surface area contributed by atoms with Crippen LogP contribution in [0.1, 0.15) is 44.6 Å². The number of aliphatic carboxylic acids is 1. The van der Waals surface area contributed by atoms with E-state index in [1.807, 2.05) is 30.3 Å².